The molecule has 0 atom stereocenters. The lowest BCUT2D eigenvalue weighted by Gasteiger charge is -2.16. The number of hydrogen-bond acceptors (Lipinski definition) is 7. The summed E-state index contributed by atoms with van der Waals surface area (Å²) >= 11 is 0.465. The number of para-hydroxylation sites is 1. The zero-order valence-corrected chi connectivity index (χ0v) is 12.3. The normalized spacial score (nSPS) is 9.62. The first kappa shape index (κ1) is 16.8. The highest BCUT2D eigenvalue weighted by Gasteiger charge is 2.14. The number of anilines is 1. The number of nitrogens with zero attached hydrogens (tertiary/aromatic N) is 1. The summed E-state index contributed by atoms with van der Waals surface area (Å²) in [5, 5.41) is 0. The van der Waals surface area contributed by atoms with Gasteiger partial charge in [-0.3, -0.25) is 15.0 Å². The van der Waals surface area contributed by atoms with Crippen LogP contribution in [0.1, 0.15) is 6.92 Å². The van der Waals surface area contributed by atoms with Crippen LogP contribution in [0, 0.1) is 0 Å². The molecule has 0 fully saturated rings. The van der Waals surface area contributed by atoms with Crippen molar-refractivity contribution in [2.45, 2.75) is 6.92 Å². The van der Waals surface area contributed by atoms with Gasteiger partial charge < -0.3 is 13.8 Å². The van der Waals surface area contributed by atoms with Gasteiger partial charge >= 0.3 is 6.16 Å². The van der Waals surface area contributed by atoms with E-state index in [4.69, 9.17) is 0 Å². The van der Waals surface area contributed by atoms with Gasteiger partial charge in [-0.15, -0.1) is 4.83 Å². The van der Waals surface area contributed by atoms with E-state index >= 15 is 0 Å². The van der Waals surface area contributed by atoms with Crippen LogP contribution in [0.2, 0.25) is 0 Å². The highest BCUT2D eigenvalue weighted by molar-refractivity contribution is 7.93. The molecule has 9 heteroatoms. The Morgan fingerprint density at radius 3 is 2.52 bits per heavy atom. The fourth-order valence-electron chi connectivity index (χ4n) is 1.18. The SMILES string of the molecule is CC(=O)NNSOC(=O)OCC(=O)N(C)c1ccccc1. The first-order valence-electron chi connectivity index (χ1n) is 5.84. The Morgan fingerprint density at radius 1 is 1.24 bits per heavy atom. The molecule has 0 unspecified atom stereocenters. The van der Waals surface area contributed by atoms with E-state index in [1.807, 2.05) is 6.07 Å². The predicted molar refractivity (Wildman–Crippen MR) is 76.8 cm³/mol. The maximum atomic E-state index is 11.8. The number of ether oxygens (including phenoxy) is 1. The van der Waals surface area contributed by atoms with Crippen molar-refractivity contribution in [1.29, 1.82) is 0 Å². The predicted octanol–water partition coefficient (Wildman–Crippen LogP) is 1.01. The first-order chi connectivity index (χ1) is 10.0. The van der Waals surface area contributed by atoms with Gasteiger partial charge in [0.15, 0.2) is 18.8 Å². The molecule has 0 aliphatic heterocycles. The molecule has 21 heavy (non-hydrogen) atoms. The number of rotatable bonds is 6. The van der Waals surface area contributed by atoms with Gasteiger partial charge in [0, 0.05) is 19.7 Å². The van der Waals surface area contributed by atoms with Crippen LogP contribution in [0.4, 0.5) is 10.5 Å². The average molecular weight is 313 g/mol. The van der Waals surface area contributed by atoms with Crippen molar-refractivity contribution < 1.29 is 23.3 Å². The lowest BCUT2D eigenvalue weighted by Crippen LogP contribution is -2.32. The molecule has 2 N–H and O–H groups in total. The van der Waals surface area contributed by atoms with Crippen molar-refractivity contribution >= 4 is 35.9 Å². The molecule has 0 aliphatic carbocycles. The molecule has 8 nitrogen and oxygen atoms in total. The molecule has 2 amide bonds. The molecule has 0 saturated carbocycles. The molecule has 0 heterocycles. The average Bonchev–Trinajstić information content (AvgIpc) is 2.49. The highest BCUT2D eigenvalue weighted by atomic mass is 32.2. The van der Waals surface area contributed by atoms with Crippen molar-refractivity contribution in [3.63, 3.8) is 0 Å². The third kappa shape index (κ3) is 6.63. The van der Waals surface area contributed by atoms with Gasteiger partial charge in [0.05, 0.1) is 0 Å². The quantitative estimate of drug-likeness (QED) is 0.266. The summed E-state index contributed by atoms with van der Waals surface area (Å²) in [5.74, 6) is -0.753. The molecule has 0 bridgehead atoms. The summed E-state index contributed by atoms with van der Waals surface area (Å²) in [6, 6.07) is 8.92. The van der Waals surface area contributed by atoms with Gasteiger partial charge in [0.25, 0.3) is 5.91 Å². The van der Waals surface area contributed by atoms with Gasteiger partial charge in [-0.25, -0.2) is 4.79 Å². The number of likely N-dealkylation sites (N-methyl/N-ethyl adjacent to an activating group) is 1. The molecular weight excluding hydrogens is 298 g/mol. The number of carbonyl (C=O) groups is 3. The van der Waals surface area contributed by atoms with E-state index in [0.717, 1.165) is 0 Å². The van der Waals surface area contributed by atoms with Crippen LogP contribution < -0.4 is 15.2 Å². The summed E-state index contributed by atoms with van der Waals surface area (Å²) < 4.78 is 9.11. The number of amides is 2. The fourth-order valence-corrected chi connectivity index (χ4v) is 1.53. The summed E-state index contributed by atoms with van der Waals surface area (Å²) in [7, 11) is 1.57. The number of carbonyl (C=O) groups excluding carboxylic acids is 3. The van der Waals surface area contributed by atoms with Crippen LogP contribution in [0.25, 0.3) is 0 Å². The van der Waals surface area contributed by atoms with Crippen molar-refractivity contribution in [2.75, 3.05) is 18.6 Å². The van der Waals surface area contributed by atoms with Gasteiger partial charge in [-0.05, 0) is 12.1 Å². The minimum atomic E-state index is -1.05. The van der Waals surface area contributed by atoms with Crippen LogP contribution in [-0.4, -0.2) is 31.6 Å². The van der Waals surface area contributed by atoms with E-state index < -0.39 is 18.7 Å². The third-order valence-electron chi connectivity index (χ3n) is 2.21. The summed E-state index contributed by atoms with van der Waals surface area (Å²) in [6.07, 6.45) is -1.05. The maximum Gasteiger partial charge on any atom is 0.522 e. The lowest BCUT2D eigenvalue weighted by atomic mass is 10.3. The second-order valence-electron chi connectivity index (χ2n) is 3.78. The molecule has 0 aliphatic rings. The Bertz CT molecular complexity index is 497. The van der Waals surface area contributed by atoms with Crippen molar-refractivity contribution in [3.05, 3.63) is 30.3 Å². The Balaban J connectivity index is 2.26. The molecule has 0 radical (unpaired) electrons. The number of hydrogen-bond donors (Lipinski definition) is 2. The Morgan fingerprint density at radius 2 is 1.90 bits per heavy atom. The summed E-state index contributed by atoms with van der Waals surface area (Å²) in [6.45, 7) is 0.828. The topological polar surface area (TPSA) is 97.0 Å². The van der Waals surface area contributed by atoms with E-state index in [2.05, 4.69) is 19.2 Å². The second-order valence-corrected chi connectivity index (χ2v) is 4.31. The van der Waals surface area contributed by atoms with Crippen molar-refractivity contribution in [3.8, 4) is 0 Å². The number of nitrogens with one attached hydrogen (secondary N) is 2. The van der Waals surface area contributed by atoms with Gasteiger partial charge in [-0.2, -0.15) is 0 Å². The summed E-state index contributed by atoms with van der Waals surface area (Å²) in [4.78, 5) is 37.1. The molecule has 0 spiro atoms. The zero-order chi connectivity index (χ0) is 15.7. The third-order valence-corrected chi connectivity index (χ3v) is 2.61. The molecular formula is C12H15N3O5S. The highest BCUT2D eigenvalue weighted by Crippen LogP contribution is 2.11. The summed E-state index contributed by atoms with van der Waals surface area (Å²) in [5.41, 5.74) is 2.85. The van der Waals surface area contributed by atoms with Crippen LogP contribution in [0.5, 0.6) is 0 Å². The monoisotopic (exact) mass is 313 g/mol. The van der Waals surface area contributed by atoms with E-state index in [0.29, 0.717) is 17.9 Å². The fraction of sp³-hybridized carbons (Fsp3) is 0.250. The Kier molecular flexibility index (Phi) is 7.05. The zero-order valence-electron chi connectivity index (χ0n) is 11.5. The van der Waals surface area contributed by atoms with Crippen molar-refractivity contribution in [1.82, 2.24) is 10.3 Å². The van der Waals surface area contributed by atoms with Crippen LogP contribution in [0.3, 0.4) is 0 Å². The Hall–Kier alpha value is -2.26. The smallest absolute Gasteiger partial charge is 0.423 e. The van der Waals surface area contributed by atoms with Gasteiger partial charge in [0.1, 0.15) is 0 Å². The molecule has 0 aromatic heterocycles. The number of hydrazine groups is 1. The molecule has 1 rings (SSSR count). The second kappa shape index (κ2) is 8.82. The molecule has 1 aromatic rings. The standard InChI is InChI=1S/C12H15N3O5S/c1-9(16)13-14-21-20-12(18)19-8-11(17)15(2)10-6-4-3-5-7-10/h3-7,14H,8H2,1-2H3,(H,13,16). The lowest BCUT2D eigenvalue weighted by molar-refractivity contribution is -0.121. The van der Waals surface area contributed by atoms with Gasteiger partial charge in [-0.1, -0.05) is 18.2 Å². The minimum absolute atomic E-state index is 0.348. The largest absolute Gasteiger partial charge is 0.522 e. The molecule has 114 valence electrons. The van der Waals surface area contributed by atoms with E-state index in [1.165, 1.54) is 11.8 Å². The van der Waals surface area contributed by atoms with E-state index in [9.17, 15) is 14.4 Å². The molecule has 0 saturated heterocycles. The van der Waals surface area contributed by atoms with E-state index in [1.54, 1.807) is 31.3 Å². The van der Waals surface area contributed by atoms with Crippen LogP contribution in [0.15, 0.2) is 30.3 Å². The minimum Gasteiger partial charge on any atom is -0.423 e. The first-order valence-corrected chi connectivity index (χ1v) is 6.58. The molecule has 1 aromatic carbocycles. The Labute approximate surface area is 126 Å². The van der Waals surface area contributed by atoms with E-state index in [-0.39, 0.29) is 5.91 Å². The number of benzene rings is 1. The maximum absolute atomic E-state index is 11.8. The van der Waals surface area contributed by atoms with Crippen LogP contribution >= 0.6 is 12.2 Å². The van der Waals surface area contributed by atoms with Crippen LogP contribution in [-0.2, 0) is 18.5 Å². The van der Waals surface area contributed by atoms with Crippen molar-refractivity contribution in [2.24, 2.45) is 0 Å². The van der Waals surface area contributed by atoms with Gasteiger partial charge in [0.2, 0.25) is 5.91 Å².